The van der Waals surface area contributed by atoms with Crippen LogP contribution < -0.4 is 5.32 Å². The van der Waals surface area contributed by atoms with Gasteiger partial charge < -0.3 is 10.2 Å². The normalized spacial score (nSPS) is 23.9. The first-order chi connectivity index (χ1) is 9.36. The van der Waals surface area contributed by atoms with Crippen LogP contribution in [0.4, 0.5) is 0 Å². The van der Waals surface area contributed by atoms with Crippen LogP contribution in [-0.2, 0) is 15.0 Å². The quantitative estimate of drug-likeness (QED) is 0.925. The van der Waals surface area contributed by atoms with Crippen molar-refractivity contribution in [1.29, 1.82) is 0 Å². The van der Waals surface area contributed by atoms with Crippen LogP contribution in [0.3, 0.4) is 0 Å². The summed E-state index contributed by atoms with van der Waals surface area (Å²) in [5.74, 6) is -0.0253. The fourth-order valence-electron chi connectivity index (χ4n) is 2.68. The molecule has 1 aromatic rings. The van der Waals surface area contributed by atoms with E-state index in [1.807, 2.05) is 18.4 Å². The Bertz CT molecular complexity index is 496. The summed E-state index contributed by atoms with van der Waals surface area (Å²) < 4.78 is 0. The van der Waals surface area contributed by atoms with E-state index in [-0.39, 0.29) is 23.3 Å². The largest absolute Gasteiger partial charge is 0.343 e. The van der Waals surface area contributed by atoms with Gasteiger partial charge in [0.2, 0.25) is 11.8 Å². The molecule has 0 spiro atoms. The first-order valence-corrected chi connectivity index (χ1v) is 7.89. The van der Waals surface area contributed by atoms with Gasteiger partial charge in [-0.15, -0.1) is 11.3 Å². The highest BCUT2D eigenvalue weighted by Crippen LogP contribution is 2.30. The molecule has 0 bridgehead atoms. The predicted octanol–water partition coefficient (Wildman–Crippen LogP) is 2.15. The Hall–Kier alpha value is -1.36. The highest BCUT2D eigenvalue weighted by molar-refractivity contribution is 7.10. The molecule has 110 valence electrons. The Labute approximate surface area is 124 Å². The van der Waals surface area contributed by atoms with Gasteiger partial charge in [-0.3, -0.25) is 9.59 Å². The summed E-state index contributed by atoms with van der Waals surface area (Å²) >= 11 is 1.69. The van der Waals surface area contributed by atoms with E-state index in [0.717, 1.165) is 0 Å². The van der Waals surface area contributed by atoms with Crippen molar-refractivity contribution in [2.45, 2.75) is 51.6 Å². The number of amides is 2. The number of nitrogens with zero attached hydrogens (tertiary/aromatic N) is 1. The van der Waals surface area contributed by atoms with Crippen LogP contribution in [0.25, 0.3) is 0 Å². The van der Waals surface area contributed by atoms with Gasteiger partial charge in [0.15, 0.2) is 0 Å². The van der Waals surface area contributed by atoms with Gasteiger partial charge in [0.25, 0.3) is 0 Å². The number of nitrogens with one attached hydrogen (secondary N) is 1. The maximum atomic E-state index is 12.4. The molecule has 1 fully saturated rings. The van der Waals surface area contributed by atoms with Crippen LogP contribution >= 0.6 is 11.3 Å². The van der Waals surface area contributed by atoms with Crippen LogP contribution in [0.2, 0.25) is 0 Å². The predicted molar refractivity (Wildman–Crippen MR) is 80.7 cm³/mol. The Balaban J connectivity index is 2.24. The second-order valence-corrected chi connectivity index (χ2v) is 6.93. The van der Waals surface area contributed by atoms with Crippen molar-refractivity contribution in [1.82, 2.24) is 10.2 Å². The van der Waals surface area contributed by atoms with Crippen molar-refractivity contribution in [2.75, 3.05) is 6.54 Å². The van der Waals surface area contributed by atoms with Gasteiger partial charge in [0.1, 0.15) is 12.1 Å². The van der Waals surface area contributed by atoms with Gasteiger partial charge >= 0.3 is 0 Å². The molecule has 2 rings (SSSR count). The zero-order chi connectivity index (χ0) is 14.9. The minimum Gasteiger partial charge on any atom is -0.343 e. The van der Waals surface area contributed by atoms with E-state index >= 15 is 0 Å². The highest BCUT2D eigenvalue weighted by Gasteiger charge is 2.40. The van der Waals surface area contributed by atoms with E-state index in [2.05, 4.69) is 25.2 Å². The van der Waals surface area contributed by atoms with E-state index in [0.29, 0.717) is 13.0 Å². The molecule has 4 nitrogen and oxygen atoms in total. The molecule has 0 radical (unpaired) electrons. The lowest BCUT2D eigenvalue weighted by atomic mass is 9.89. The number of rotatable bonds is 4. The second kappa shape index (κ2) is 5.56. The standard InChI is InChI=1S/C15H22N2O2S/c1-5-11-13(18)16-10(2)14(19)17(11)9-15(3,4)12-7-6-8-20-12/h6-8,10-11H,5,9H2,1-4H3,(H,16,18). The number of thiophene rings is 1. The number of hydrogen-bond acceptors (Lipinski definition) is 3. The van der Waals surface area contributed by atoms with Crippen LogP contribution in [-0.4, -0.2) is 35.3 Å². The van der Waals surface area contributed by atoms with Crippen LogP contribution in [0.1, 0.15) is 39.0 Å². The van der Waals surface area contributed by atoms with Gasteiger partial charge in [-0.25, -0.2) is 0 Å². The molecule has 1 aliphatic heterocycles. The summed E-state index contributed by atoms with van der Waals surface area (Å²) in [4.78, 5) is 27.5. The first kappa shape index (κ1) is 15.0. The van der Waals surface area contributed by atoms with E-state index in [9.17, 15) is 9.59 Å². The van der Waals surface area contributed by atoms with E-state index < -0.39 is 6.04 Å². The fraction of sp³-hybridized carbons (Fsp3) is 0.600. The van der Waals surface area contributed by atoms with Gasteiger partial charge in [0.05, 0.1) is 0 Å². The third-order valence-corrected chi connectivity index (χ3v) is 5.07. The molecule has 1 aromatic heterocycles. The fourth-order valence-corrected chi connectivity index (χ4v) is 3.52. The Morgan fingerprint density at radius 2 is 2.10 bits per heavy atom. The molecule has 0 aromatic carbocycles. The molecule has 2 amide bonds. The van der Waals surface area contributed by atoms with Crippen molar-refractivity contribution in [3.63, 3.8) is 0 Å². The zero-order valence-corrected chi connectivity index (χ0v) is 13.3. The number of hydrogen-bond donors (Lipinski definition) is 1. The van der Waals surface area contributed by atoms with Crippen molar-refractivity contribution >= 4 is 23.2 Å². The zero-order valence-electron chi connectivity index (χ0n) is 12.5. The lowest BCUT2D eigenvalue weighted by Gasteiger charge is -2.41. The first-order valence-electron chi connectivity index (χ1n) is 7.01. The van der Waals surface area contributed by atoms with Gasteiger partial charge in [-0.1, -0.05) is 26.8 Å². The second-order valence-electron chi connectivity index (χ2n) is 5.98. The van der Waals surface area contributed by atoms with Crippen LogP contribution in [0.5, 0.6) is 0 Å². The van der Waals surface area contributed by atoms with Crippen LogP contribution in [0, 0.1) is 0 Å². The molecule has 1 saturated heterocycles. The minimum absolute atomic E-state index is 0.0149. The topological polar surface area (TPSA) is 49.4 Å². The van der Waals surface area contributed by atoms with Crippen molar-refractivity contribution in [2.24, 2.45) is 0 Å². The molecule has 0 saturated carbocycles. The van der Waals surface area contributed by atoms with Gasteiger partial charge in [-0.05, 0) is 24.8 Å². The van der Waals surface area contributed by atoms with Crippen molar-refractivity contribution < 1.29 is 9.59 Å². The molecular formula is C15H22N2O2S. The summed E-state index contributed by atoms with van der Waals surface area (Å²) in [5, 5.41) is 4.80. The molecule has 5 heteroatoms. The third-order valence-electron chi connectivity index (χ3n) is 3.83. The van der Waals surface area contributed by atoms with Crippen molar-refractivity contribution in [3.8, 4) is 0 Å². The molecule has 20 heavy (non-hydrogen) atoms. The lowest BCUT2D eigenvalue weighted by Crippen LogP contribution is -2.63. The Morgan fingerprint density at radius 3 is 2.65 bits per heavy atom. The van der Waals surface area contributed by atoms with Crippen LogP contribution in [0.15, 0.2) is 17.5 Å². The molecule has 2 atom stereocenters. The molecule has 1 aliphatic rings. The van der Waals surface area contributed by atoms with E-state index in [1.165, 1.54) is 4.88 Å². The van der Waals surface area contributed by atoms with Crippen molar-refractivity contribution in [3.05, 3.63) is 22.4 Å². The SMILES string of the molecule is CCC1C(=O)NC(C)C(=O)N1CC(C)(C)c1cccs1. The molecule has 1 N–H and O–H groups in total. The molecular weight excluding hydrogens is 272 g/mol. The molecule has 2 heterocycles. The summed E-state index contributed by atoms with van der Waals surface area (Å²) in [6, 6.07) is 3.33. The monoisotopic (exact) mass is 294 g/mol. The number of piperazine rings is 1. The smallest absolute Gasteiger partial charge is 0.245 e. The molecule has 2 unspecified atom stereocenters. The maximum absolute atomic E-state index is 12.4. The summed E-state index contributed by atoms with van der Waals surface area (Å²) in [6.07, 6.45) is 0.644. The average molecular weight is 294 g/mol. The lowest BCUT2D eigenvalue weighted by molar-refractivity contribution is -0.149. The van der Waals surface area contributed by atoms with E-state index in [1.54, 1.807) is 23.2 Å². The third kappa shape index (κ3) is 2.73. The van der Waals surface area contributed by atoms with Gasteiger partial charge in [-0.2, -0.15) is 0 Å². The summed E-state index contributed by atoms with van der Waals surface area (Å²) in [7, 11) is 0. The molecule has 0 aliphatic carbocycles. The number of carbonyl (C=O) groups is 2. The Kier molecular flexibility index (Phi) is 4.18. The number of carbonyl (C=O) groups excluding carboxylic acids is 2. The summed E-state index contributed by atoms with van der Waals surface area (Å²) in [6.45, 7) is 8.50. The minimum atomic E-state index is -0.426. The highest BCUT2D eigenvalue weighted by atomic mass is 32.1. The summed E-state index contributed by atoms with van der Waals surface area (Å²) in [5.41, 5.74) is -0.144. The maximum Gasteiger partial charge on any atom is 0.245 e. The Morgan fingerprint density at radius 1 is 1.40 bits per heavy atom. The van der Waals surface area contributed by atoms with Gasteiger partial charge in [0, 0.05) is 16.8 Å². The average Bonchev–Trinajstić information content (AvgIpc) is 2.90. The van der Waals surface area contributed by atoms with E-state index in [4.69, 9.17) is 0 Å².